The fraction of sp³-hybridized carbons (Fsp3) is 0.333. The van der Waals surface area contributed by atoms with Crippen molar-refractivity contribution in [3.8, 4) is 0 Å². The fourth-order valence-electron chi connectivity index (χ4n) is 1.58. The molecule has 0 aliphatic rings. The Morgan fingerprint density at radius 1 is 1.44 bits per heavy atom. The van der Waals surface area contributed by atoms with Crippen LogP contribution in [0.5, 0.6) is 0 Å². The molecule has 18 heavy (non-hydrogen) atoms. The minimum Gasteiger partial charge on any atom is -0.312 e. The van der Waals surface area contributed by atoms with Gasteiger partial charge < -0.3 is 5.32 Å². The first-order chi connectivity index (χ1) is 8.65. The zero-order valence-corrected chi connectivity index (χ0v) is 10.8. The molecule has 0 aliphatic carbocycles. The highest BCUT2D eigenvalue weighted by Crippen LogP contribution is 2.15. The van der Waals surface area contributed by atoms with Gasteiger partial charge in [-0.2, -0.15) is 5.10 Å². The zero-order chi connectivity index (χ0) is 13.0. The quantitative estimate of drug-likeness (QED) is 0.843. The molecular weight excluding hydrogens is 255 g/mol. The second kappa shape index (κ2) is 5.93. The molecule has 0 saturated heterocycles. The summed E-state index contributed by atoms with van der Waals surface area (Å²) in [5.74, 6) is 0.412. The highest BCUT2D eigenvalue weighted by molar-refractivity contribution is 6.30. The van der Waals surface area contributed by atoms with Gasteiger partial charge >= 0.3 is 0 Å². The van der Waals surface area contributed by atoms with E-state index in [2.05, 4.69) is 15.4 Å². The topological polar surface area (TPSA) is 42.7 Å². The van der Waals surface area contributed by atoms with E-state index < -0.39 is 0 Å². The molecule has 1 heterocycles. The molecule has 0 saturated carbocycles. The Balaban J connectivity index is 1.76. The summed E-state index contributed by atoms with van der Waals surface area (Å²) < 4.78 is 14.8. The molecule has 96 valence electrons. The van der Waals surface area contributed by atoms with Crippen LogP contribution in [0.2, 0.25) is 5.02 Å². The van der Waals surface area contributed by atoms with Gasteiger partial charge in [-0.15, -0.1) is 0 Å². The van der Waals surface area contributed by atoms with Crippen molar-refractivity contribution < 1.29 is 4.39 Å². The molecule has 0 spiro atoms. The molecule has 2 aromatic rings. The zero-order valence-electron chi connectivity index (χ0n) is 10.0. The van der Waals surface area contributed by atoms with E-state index in [1.807, 2.05) is 7.05 Å². The summed E-state index contributed by atoms with van der Waals surface area (Å²) in [6.45, 7) is 1.34. The van der Waals surface area contributed by atoms with Crippen LogP contribution in [0.4, 0.5) is 4.39 Å². The van der Waals surface area contributed by atoms with Crippen molar-refractivity contribution in [1.29, 1.82) is 0 Å². The molecule has 2 rings (SSSR count). The number of nitrogens with one attached hydrogen (secondary N) is 1. The largest absolute Gasteiger partial charge is 0.312 e. The summed E-state index contributed by atoms with van der Waals surface area (Å²) in [6, 6.07) is 4.81. The molecular formula is C12H14ClFN4. The Morgan fingerprint density at radius 2 is 2.28 bits per heavy atom. The smallest absolute Gasteiger partial charge is 0.151 e. The first-order valence-electron chi connectivity index (χ1n) is 5.64. The Labute approximate surface area is 110 Å². The standard InChI is InChI=1S/C12H14ClFN4/c1-18-8-16-12(17-18)4-5-15-7-9-2-3-10(13)11(14)6-9/h2-3,6,8,15H,4-5,7H2,1H3. The molecule has 1 N–H and O–H groups in total. The van der Waals surface area contributed by atoms with Gasteiger partial charge in [0, 0.05) is 26.6 Å². The number of rotatable bonds is 5. The molecule has 0 fully saturated rings. The maximum atomic E-state index is 13.2. The van der Waals surface area contributed by atoms with Gasteiger partial charge in [0.2, 0.25) is 0 Å². The molecule has 0 atom stereocenters. The van der Waals surface area contributed by atoms with Gasteiger partial charge in [-0.05, 0) is 17.7 Å². The van der Waals surface area contributed by atoms with Crippen LogP contribution in [0, 0.1) is 5.82 Å². The summed E-state index contributed by atoms with van der Waals surface area (Å²) in [7, 11) is 1.83. The van der Waals surface area contributed by atoms with Crippen LogP contribution >= 0.6 is 11.6 Å². The van der Waals surface area contributed by atoms with Crippen LogP contribution in [-0.4, -0.2) is 21.3 Å². The molecule has 0 amide bonds. The van der Waals surface area contributed by atoms with Crippen molar-refractivity contribution in [1.82, 2.24) is 20.1 Å². The third kappa shape index (κ3) is 3.51. The highest BCUT2D eigenvalue weighted by Gasteiger charge is 2.01. The normalized spacial score (nSPS) is 10.8. The number of aromatic nitrogens is 3. The highest BCUT2D eigenvalue weighted by atomic mass is 35.5. The van der Waals surface area contributed by atoms with Crippen molar-refractivity contribution in [3.63, 3.8) is 0 Å². The number of hydrogen-bond donors (Lipinski definition) is 1. The number of hydrogen-bond acceptors (Lipinski definition) is 3. The molecule has 0 aliphatic heterocycles. The van der Waals surface area contributed by atoms with Gasteiger partial charge in [0.25, 0.3) is 0 Å². The first kappa shape index (κ1) is 13.0. The lowest BCUT2D eigenvalue weighted by atomic mass is 10.2. The summed E-state index contributed by atoms with van der Waals surface area (Å²) in [4.78, 5) is 4.12. The lowest BCUT2D eigenvalue weighted by Gasteiger charge is -2.04. The molecule has 1 aromatic heterocycles. The third-order valence-electron chi connectivity index (χ3n) is 2.49. The second-order valence-electron chi connectivity index (χ2n) is 4.01. The van der Waals surface area contributed by atoms with Crippen LogP contribution in [0.3, 0.4) is 0 Å². The fourth-order valence-corrected chi connectivity index (χ4v) is 1.70. The van der Waals surface area contributed by atoms with Crippen molar-refractivity contribution in [2.24, 2.45) is 7.05 Å². The van der Waals surface area contributed by atoms with Crippen molar-refractivity contribution in [2.45, 2.75) is 13.0 Å². The summed E-state index contributed by atoms with van der Waals surface area (Å²) in [6.07, 6.45) is 2.42. The van der Waals surface area contributed by atoms with Gasteiger partial charge in [0.1, 0.15) is 12.1 Å². The van der Waals surface area contributed by atoms with E-state index in [1.54, 1.807) is 23.1 Å². The van der Waals surface area contributed by atoms with Gasteiger partial charge in [-0.25, -0.2) is 9.37 Å². The van der Waals surface area contributed by atoms with Crippen LogP contribution < -0.4 is 5.32 Å². The van der Waals surface area contributed by atoms with Crippen LogP contribution in [0.25, 0.3) is 0 Å². The predicted molar refractivity (Wildman–Crippen MR) is 67.8 cm³/mol. The molecule has 4 nitrogen and oxygen atoms in total. The Hall–Kier alpha value is -1.46. The maximum absolute atomic E-state index is 13.2. The number of nitrogens with zero attached hydrogens (tertiary/aromatic N) is 3. The first-order valence-corrected chi connectivity index (χ1v) is 6.02. The van der Waals surface area contributed by atoms with Crippen molar-refractivity contribution >= 4 is 11.6 Å². The number of benzene rings is 1. The molecule has 0 bridgehead atoms. The number of halogens is 2. The monoisotopic (exact) mass is 268 g/mol. The Bertz CT molecular complexity index is 527. The van der Waals surface area contributed by atoms with E-state index in [4.69, 9.17) is 11.6 Å². The number of aryl methyl sites for hydroxylation is 1. The van der Waals surface area contributed by atoms with Crippen LogP contribution in [0.1, 0.15) is 11.4 Å². The van der Waals surface area contributed by atoms with E-state index in [-0.39, 0.29) is 10.8 Å². The minimum atomic E-state index is -0.387. The van der Waals surface area contributed by atoms with Crippen LogP contribution in [0.15, 0.2) is 24.5 Å². The Kier molecular flexibility index (Phi) is 4.28. The van der Waals surface area contributed by atoms with Gasteiger partial charge in [-0.3, -0.25) is 4.68 Å². The van der Waals surface area contributed by atoms with E-state index in [9.17, 15) is 4.39 Å². The minimum absolute atomic E-state index is 0.149. The van der Waals surface area contributed by atoms with E-state index in [0.29, 0.717) is 6.54 Å². The van der Waals surface area contributed by atoms with Gasteiger partial charge in [-0.1, -0.05) is 17.7 Å². The van der Waals surface area contributed by atoms with E-state index >= 15 is 0 Å². The van der Waals surface area contributed by atoms with Gasteiger partial charge in [0.05, 0.1) is 5.02 Å². The third-order valence-corrected chi connectivity index (χ3v) is 2.79. The molecule has 6 heteroatoms. The lowest BCUT2D eigenvalue weighted by molar-refractivity contribution is 0.618. The van der Waals surface area contributed by atoms with Gasteiger partial charge in [0.15, 0.2) is 5.82 Å². The average Bonchev–Trinajstić information content (AvgIpc) is 2.75. The average molecular weight is 269 g/mol. The molecule has 1 aromatic carbocycles. The van der Waals surface area contributed by atoms with Crippen molar-refractivity contribution in [3.05, 3.63) is 46.8 Å². The summed E-state index contributed by atoms with van der Waals surface area (Å²) >= 11 is 5.61. The van der Waals surface area contributed by atoms with E-state index in [0.717, 1.165) is 24.4 Å². The Morgan fingerprint density at radius 3 is 2.94 bits per heavy atom. The SMILES string of the molecule is Cn1cnc(CCNCc2ccc(Cl)c(F)c2)n1. The maximum Gasteiger partial charge on any atom is 0.151 e. The predicted octanol–water partition coefficient (Wildman–Crippen LogP) is 1.94. The summed E-state index contributed by atoms with van der Waals surface area (Å²) in [5, 5.41) is 7.53. The van der Waals surface area contributed by atoms with Crippen LogP contribution in [-0.2, 0) is 20.0 Å². The summed E-state index contributed by atoms with van der Waals surface area (Å²) in [5.41, 5.74) is 0.867. The van der Waals surface area contributed by atoms with Crippen molar-refractivity contribution in [2.75, 3.05) is 6.54 Å². The lowest BCUT2D eigenvalue weighted by Crippen LogP contribution is -2.17. The van der Waals surface area contributed by atoms with E-state index in [1.165, 1.54) is 6.07 Å². The molecule has 0 radical (unpaired) electrons. The second-order valence-corrected chi connectivity index (χ2v) is 4.42. The molecule has 0 unspecified atom stereocenters.